The van der Waals surface area contributed by atoms with Crippen LogP contribution in [0, 0.1) is 0 Å². The van der Waals surface area contributed by atoms with Crippen molar-refractivity contribution in [2.45, 2.75) is 25.0 Å². The maximum absolute atomic E-state index is 12.1. The number of benzene rings is 1. The number of aryl methyl sites for hydroxylation is 1. The molecule has 3 rings (SSSR count). The second-order valence-electron chi connectivity index (χ2n) is 5.17. The number of hydrogen-bond acceptors (Lipinski definition) is 3. The SMILES string of the molecule is Cn1ccc(CC(=O)N[C@@H]2c3ccccc3C[C@@H]2O)n1. The van der Waals surface area contributed by atoms with Crippen molar-refractivity contribution in [2.75, 3.05) is 0 Å². The Hall–Kier alpha value is -2.14. The normalized spacial score (nSPS) is 20.7. The van der Waals surface area contributed by atoms with Crippen LogP contribution >= 0.6 is 0 Å². The number of amides is 1. The number of nitrogens with one attached hydrogen (secondary N) is 1. The van der Waals surface area contributed by atoms with Gasteiger partial charge in [0.25, 0.3) is 0 Å². The van der Waals surface area contributed by atoms with E-state index in [4.69, 9.17) is 0 Å². The van der Waals surface area contributed by atoms with Crippen molar-refractivity contribution in [3.05, 3.63) is 53.3 Å². The van der Waals surface area contributed by atoms with Crippen LogP contribution in [-0.2, 0) is 24.7 Å². The molecule has 1 aliphatic rings. The van der Waals surface area contributed by atoms with Gasteiger partial charge in [-0.15, -0.1) is 0 Å². The molecule has 1 aromatic carbocycles. The molecule has 1 amide bonds. The van der Waals surface area contributed by atoms with Gasteiger partial charge in [-0.1, -0.05) is 24.3 Å². The molecule has 0 unspecified atom stereocenters. The van der Waals surface area contributed by atoms with Crippen molar-refractivity contribution < 1.29 is 9.90 Å². The van der Waals surface area contributed by atoms with Gasteiger partial charge in [0, 0.05) is 19.7 Å². The van der Waals surface area contributed by atoms with Gasteiger partial charge in [-0.25, -0.2) is 0 Å². The van der Waals surface area contributed by atoms with E-state index in [1.54, 1.807) is 4.68 Å². The summed E-state index contributed by atoms with van der Waals surface area (Å²) in [6.07, 6.45) is 2.07. The van der Waals surface area contributed by atoms with Gasteiger partial charge >= 0.3 is 0 Å². The van der Waals surface area contributed by atoms with Gasteiger partial charge < -0.3 is 10.4 Å². The summed E-state index contributed by atoms with van der Waals surface area (Å²) < 4.78 is 1.67. The second kappa shape index (κ2) is 5.09. The molecule has 5 heteroatoms. The third-order valence-electron chi connectivity index (χ3n) is 3.63. The molecule has 0 spiro atoms. The van der Waals surface area contributed by atoms with Gasteiger partial charge in [0.15, 0.2) is 0 Å². The highest BCUT2D eigenvalue weighted by Crippen LogP contribution is 2.31. The van der Waals surface area contributed by atoms with E-state index in [0.29, 0.717) is 6.42 Å². The van der Waals surface area contributed by atoms with Crippen LogP contribution in [0.15, 0.2) is 36.5 Å². The number of fused-ring (bicyclic) bond motifs is 1. The predicted octanol–water partition coefficient (Wildman–Crippen LogP) is 0.737. The van der Waals surface area contributed by atoms with E-state index < -0.39 is 6.10 Å². The summed E-state index contributed by atoms with van der Waals surface area (Å²) in [4.78, 5) is 12.1. The number of carbonyl (C=O) groups excluding carboxylic acids is 1. The Balaban J connectivity index is 1.70. The van der Waals surface area contributed by atoms with Crippen molar-refractivity contribution >= 4 is 5.91 Å². The van der Waals surface area contributed by atoms with E-state index >= 15 is 0 Å². The highest BCUT2D eigenvalue weighted by atomic mass is 16.3. The zero-order chi connectivity index (χ0) is 14.1. The molecule has 0 saturated carbocycles. The smallest absolute Gasteiger partial charge is 0.226 e. The number of rotatable bonds is 3. The van der Waals surface area contributed by atoms with E-state index in [0.717, 1.165) is 16.8 Å². The minimum atomic E-state index is -0.555. The maximum Gasteiger partial charge on any atom is 0.226 e. The number of aliphatic hydroxyl groups excluding tert-OH is 1. The lowest BCUT2D eigenvalue weighted by atomic mass is 10.1. The first-order valence-electron chi connectivity index (χ1n) is 6.67. The lowest BCUT2D eigenvalue weighted by Crippen LogP contribution is -2.34. The molecule has 1 heterocycles. The Morgan fingerprint density at radius 1 is 1.45 bits per heavy atom. The van der Waals surface area contributed by atoms with Crippen molar-refractivity contribution in [1.82, 2.24) is 15.1 Å². The fraction of sp³-hybridized carbons (Fsp3) is 0.333. The zero-order valence-corrected chi connectivity index (χ0v) is 11.3. The fourth-order valence-corrected chi connectivity index (χ4v) is 2.69. The van der Waals surface area contributed by atoms with E-state index in [2.05, 4.69) is 10.4 Å². The summed E-state index contributed by atoms with van der Waals surface area (Å²) in [5.74, 6) is -0.121. The quantitative estimate of drug-likeness (QED) is 0.865. The molecule has 0 fully saturated rings. The molecule has 1 aromatic heterocycles. The number of aromatic nitrogens is 2. The zero-order valence-electron chi connectivity index (χ0n) is 11.3. The largest absolute Gasteiger partial charge is 0.390 e. The third kappa shape index (κ3) is 2.44. The summed E-state index contributed by atoms with van der Waals surface area (Å²) >= 11 is 0. The molecule has 0 bridgehead atoms. The summed E-state index contributed by atoms with van der Waals surface area (Å²) in [5.41, 5.74) is 2.84. The van der Waals surface area contributed by atoms with Gasteiger partial charge in [0.05, 0.1) is 24.3 Å². The molecular weight excluding hydrogens is 254 g/mol. The fourth-order valence-electron chi connectivity index (χ4n) is 2.69. The van der Waals surface area contributed by atoms with Crippen molar-refractivity contribution in [3.8, 4) is 0 Å². The molecule has 0 aliphatic heterocycles. The molecule has 0 radical (unpaired) electrons. The molecule has 2 aromatic rings. The molecule has 2 atom stereocenters. The van der Waals surface area contributed by atoms with Crippen LogP contribution in [0.1, 0.15) is 22.9 Å². The number of hydrogen-bond donors (Lipinski definition) is 2. The first kappa shape index (κ1) is 12.9. The lowest BCUT2D eigenvalue weighted by molar-refractivity contribution is -0.122. The predicted molar refractivity (Wildman–Crippen MR) is 73.9 cm³/mol. The highest BCUT2D eigenvalue weighted by molar-refractivity contribution is 5.78. The molecule has 0 saturated heterocycles. The van der Waals surface area contributed by atoms with E-state index in [9.17, 15) is 9.90 Å². The number of carbonyl (C=O) groups is 1. The maximum atomic E-state index is 12.1. The summed E-state index contributed by atoms with van der Waals surface area (Å²) in [6.45, 7) is 0. The number of aliphatic hydroxyl groups is 1. The lowest BCUT2D eigenvalue weighted by Gasteiger charge is -2.17. The first-order valence-corrected chi connectivity index (χ1v) is 6.67. The Labute approximate surface area is 117 Å². The van der Waals surface area contributed by atoms with Crippen LogP contribution in [0.25, 0.3) is 0 Å². The van der Waals surface area contributed by atoms with E-state index in [-0.39, 0.29) is 18.4 Å². The van der Waals surface area contributed by atoms with Crippen LogP contribution in [0.4, 0.5) is 0 Å². The first-order chi connectivity index (χ1) is 9.63. The van der Waals surface area contributed by atoms with Crippen LogP contribution in [-0.4, -0.2) is 26.9 Å². The Morgan fingerprint density at radius 3 is 3.00 bits per heavy atom. The van der Waals surface area contributed by atoms with Crippen molar-refractivity contribution in [1.29, 1.82) is 0 Å². The summed E-state index contributed by atoms with van der Waals surface area (Å²) in [7, 11) is 1.82. The van der Waals surface area contributed by atoms with Crippen LogP contribution in [0.2, 0.25) is 0 Å². The molecule has 5 nitrogen and oxygen atoms in total. The average Bonchev–Trinajstić information content (AvgIpc) is 2.94. The van der Waals surface area contributed by atoms with E-state index in [1.165, 1.54) is 0 Å². The Bertz CT molecular complexity index is 636. The van der Waals surface area contributed by atoms with Crippen molar-refractivity contribution in [2.24, 2.45) is 7.05 Å². The molecule has 1 aliphatic carbocycles. The van der Waals surface area contributed by atoms with Crippen molar-refractivity contribution in [3.63, 3.8) is 0 Å². The average molecular weight is 271 g/mol. The summed E-state index contributed by atoms with van der Waals surface area (Å²) in [5, 5.41) is 17.2. The topological polar surface area (TPSA) is 67.2 Å². The molecule has 104 valence electrons. The standard InChI is InChI=1S/C15H17N3O2/c1-18-7-6-11(17-18)9-14(20)16-15-12-5-3-2-4-10(12)8-13(15)19/h2-7,13,15,19H,8-9H2,1H3,(H,16,20)/t13-,15+/m0/s1. The monoisotopic (exact) mass is 271 g/mol. The molecule has 20 heavy (non-hydrogen) atoms. The van der Waals surface area contributed by atoms with Gasteiger partial charge in [0.2, 0.25) is 5.91 Å². The minimum absolute atomic E-state index is 0.121. The second-order valence-corrected chi connectivity index (χ2v) is 5.17. The number of nitrogens with zero attached hydrogens (tertiary/aromatic N) is 2. The van der Waals surface area contributed by atoms with Crippen LogP contribution in [0.3, 0.4) is 0 Å². The van der Waals surface area contributed by atoms with Gasteiger partial charge in [0.1, 0.15) is 0 Å². The minimum Gasteiger partial charge on any atom is -0.390 e. The third-order valence-corrected chi connectivity index (χ3v) is 3.63. The molecular formula is C15H17N3O2. The Kier molecular flexibility index (Phi) is 3.28. The van der Waals surface area contributed by atoms with E-state index in [1.807, 2.05) is 43.6 Å². The summed E-state index contributed by atoms with van der Waals surface area (Å²) in [6, 6.07) is 9.32. The van der Waals surface area contributed by atoms with Crippen LogP contribution in [0.5, 0.6) is 0 Å². The van der Waals surface area contributed by atoms with Gasteiger partial charge in [-0.3, -0.25) is 9.48 Å². The highest BCUT2D eigenvalue weighted by Gasteiger charge is 2.31. The molecule has 2 N–H and O–H groups in total. The van der Waals surface area contributed by atoms with Gasteiger partial charge in [-0.05, 0) is 17.2 Å². The van der Waals surface area contributed by atoms with Gasteiger partial charge in [-0.2, -0.15) is 5.10 Å². The Morgan fingerprint density at radius 2 is 2.25 bits per heavy atom. The van der Waals surface area contributed by atoms with Crippen LogP contribution < -0.4 is 5.32 Å².